The molecule has 0 saturated heterocycles. The molecule has 0 N–H and O–H groups in total. The smallest absolute Gasteiger partial charge is 0.222 e. The fourth-order valence-corrected chi connectivity index (χ4v) is 1.39. The van der Waals surface area contributed by atoms with Crippen molar-refractivity contribution in [2.24, 2.45) is 0 Å². The summed E-state index contributed by atoms with van der Waals surface area (Å²) in [6.45, 7) is 1.83. The standard InChI is InChI=1S/C11H8BrFN2O/c1-7-4-11(15-6-14-7)16-8-2-3-9(12)10(13)5-8/h2-6H,1H3. The van der Waals surface area contributed by atoms with Gasteiger partial charge in [0.05, 0.1) is 4.47 Å². The molecular weight excluding hydrogens is 275 g/mol. The second kappa shape index (κ2) is 4.57. The van der Waals surface area contributed by atoms with Crippen LogP contribution in [-0.4, -0.2) is 9.97 Å². The normalized spacial score (nSPS) is 10.2. The Morgan fingerprint density at radius 2 is 2.06 bits per heavy atom. The lowest BCUT2D eigenvalue weighted by molar-refractivity contribution is 0.455. The first kappa shape index (κ1) is 11.0. The first-order valence-electron chi connectivity index (χ1n) is 4.57. The van der Waals surface area contributed by atoms with E-state index in [1.807, 2.05) is 6.92 Å². The fraction of sp³-hybridized carbons (Fsp3) is 0.0909. The van der Waals surface area contributed by atoms with Crippen LogP contribution < -0.4 is 4.74 Å². The van der Waals surface area contributed by atoms with Gasteiger partial charge in [0.2, 0.25) is 5.88 Å². The molecular formula is C11H8BrFN2O. The second-order valence-corrected chi connectivity index (χ2v) is 4.03. The molecule has 0 bridgehead atoms. The predicted molar refractivity (Wildman–Crippen MR) is 60.9 cm³/mol. The van der Waals surface area contributed by atoms with Crippen molar-refractivity contribution in [3.63, 3.8) is 0 Å². The number of halogens is 2. The Morgan fingerprint density at radius 3 is 2.75 bits per heavy atom. The number of rotatable bonds is 2. The molecule has 0 aliphatic rings. The van der Waals surface area contributed by atoms with Crippen molar-refractivity contribution in [1.82, 2.24) is 9.97 Å². The summed E-state index contributed by atoms with van der Waals surface area (Å²) in [6.07, 6.45) is 1.40. The molecule has 16 heavy (non-hydrogen) atoms. The van der Waals surface area contributed by atoms with Gasteiger partial charge in [0.25, 0.3) is 0 Å². The van der Waals surface area contributed by atoms with Crippen LogP contribution in [0.2, 0.25) is 0 Å². The lowest BCUT2D eigenvalue weighted by Gasteiger charge is -2.05. The third-order valence-electron chi connectivity index (χ3n) is 1.89. The van der Waals surface area contributed by atoms with Gasteiger partial charge in [-0.15, -0.1) is 0 Å². The zero-order valence-electron chi connectivity index (χ0n) is 8.45. The zero-order valence-corrected chi connectivity index (χ0v) is 10.0. The number of aryl methyl sites for hydroxylation is 1. The molecule has 5 heteroatoms. The summed E-state index contributed by atoms with van der Waals surface area (Å²) in [6, 6.07) is 6.21. The average Bonchev–Trinajstić information content (AvgIpc) is 2.24. The van der Waals surface area contributed by atoms with Gasteiger partial charge in [-0.1, -0.05) is 0 Å². The Morgan fingerprint density at radius 1 is 1.25 bits per heavy atom. The van der Waals surface area contributed by atoms with E-state index in [9.17, 15) is 4.39 Å². The second-order valence-electron chi connectivity index (χ2n) is 3.18. The van der Waals surface area contributed by atoms with Gasteiger partial charge in [-0.25, -0.2) is 14.4 Å². The van der Waals surface area contributed by atoms with Gasteiger partial charge in [0.15, 0.2) is 0 Å². The Labute approximate surface area is 100 Å². The van der Waals surface area contributed by atoms with Crippen LogP contribution in [0.3, 0.4) is 0 Å². The van der Waals surface area contributed by atoms with Gasteiger partial charge >= 0.3 is 0 Å². The summed E-state index contributed by atoms with van der Waals surface area (Å²) in [5.41, 5.74) is 0.794. The zero-order chi connectivity index (χ0) is 11.5. The number of aromatic nitrogens is 2. The largest absolute Gasteiger partial charge is 0.439 e. The van der Waals surface area contributed by atoms with Crippen molar-refractivity contribution >= 4 is 15.9 Å². The number of benzene rings is 1. The van der Waals surface area contributed by atoms with Crippen LogP contribution >= 0.6 is 15.9 Å². The number of ether oxygens (including phenoxy) is 1. The molecule has 0 amide bonds. The van der Waals surface area contributed by atoms with E-state index in [1.165, 1.54) is 12.4 Å². The lowest BCUT2D eigenvalue weighted by atomic mass is 10.3. The van der Waals surface area contributed by atoms with Crippen molar-refractivity contribution in [2.75, 3.05) is 0 Å². The molecule has 0 spiro atoms. The van der Waals surface area contributed by atoms with Crippen LogP contribution in [0.15, 0.2) is 35.1 Å². The number of hydrogen-bond donors (Lipinski definition) is 0. The lowest BCUT2D eigenvalue weighted by Crippen LogP contribution is -1.91. The van der Waals surface area contributed by atoms with E-state index in [2.05, 4.69) is 25.9 Å². The first-order chi connectivity index (χ1) is 7.65. The maximum absolute atomic E-state index is 13.2. The maximum atomic E-state index is 13.2. The molecule has 0 atom stereocenters. The molecule has 0 aliphatic heterocycles. The van der Waals surface area contributed by atoms with Gasteiger partial charge in [-0.2, -0.15) is 0 Å². The highest BCUT2D eigenvalue weighted by molar-refractivity contribution is 9.10. The summed E-state index contributed by atoms with van der Waals surface area (Å²) in [5.74, 6) is 0.427. The average molecular weight is 283 g/mol. The highest BCUT2D eigenvalue weighted by atomic mass is 79.9. The van der Waals surface area contributed by atoms with Crippen molar-refractivity contribution < 1.29 is 9.13 Å². The summed E-state index contributed by atoms with van der Waals surface area (Å²) in [7, 11) is 0. The molecule has 82 valence electrons. The van der Waals surface area contributed by atoms with E-state index in [-0.39, 0.29) is 5.82 Å². The van der Waals surface area contributed by atoms with Crippen LogP contribution in [0, 0.1) is 12.7 Å². The van der Waals surface area contributed by atoms with Crippen molar-refractivity contribution in [2.45, 2.75) is 6.92 Å². The third-order valence-corrected chi connectivity index (χ3v) is 2.54. The minimum absolute atomic E-state index is 0.372. The van der Waals surface area contributed by atoms with E-state index in [0.717, 1.165) is 5.69 Å². The molecule has 1 aromatic carbocycles. The van der Waals surface area contributed by atoms with Crippen molar-refractivity contribution in [1.29, 1.82) is 0 Å². The van der Waals surface area contributed by atoms with Crippen LogP contribution in [0.4, 0.5) is 4.39 Å². The summed E-state index contributed by atoms with van der Waals surface area (Å²) in [5, 5.41) is 0. The van der Waals surface area contributed by atoms with E-state index >= 15 is 0 Å². The van der Waals surface area contributed by atoms with Gasteiger partial charge in [0.1, 0.15) is 17.9 Å². The minimum Gasteiger partial charge on any atom is -0.439 e. The van der Waals surface area contributed by atoms with Gasteiger partial charge < -0.3 is 4.74 Å². The maximum Gasteiger partial charge on any atom is 0.222 e. The Hall–Kier alpha value is -1.49. The number of hydrogen-bond acceptors (Lipinski definition) is 3. The minimum atomic E-state index is -0.372. The van der Waals surface area contributed by atoms with Gasteiger partial charge in [0, 0.05) is 17.8 Å². The van der Waals surface area contributed by atoms with Gasteiger partial charge in [-0.05, 0) is 35.0 Å². The molecule has 0 saturated carbocycles. The van der Waals surface area contributed by atoms with E-state index in [0.29, 0.717) is 16.1 Å². The van der Waals surface area contributed by atoms with Crippen molar-refractivity contribution in [3.05, 3.63) is 46.6 Å². The summed E-state index contributed by atoms with van der Waals surface area (Å²) in [4.78, 5) is 7.86. The van der Waals surface area contributed by atoms with Crippen LogP contribution in [0.25, 0.3) is 0 Å². The Balaban J connectivity index is 2.24. The predicted octanol–water partition coefficient (Wildman–Crippen LogP) is 3.48. The highest BCUT2D eigenvalue weighted by Crippen LogP contribution is 2.24. The monoisotopic (exact) mass is 282 g/mol. The molecule has 0 unspecified atom stereocenters. The first-order valence-corrected chi connectivity index (χ1v) is 5.36. The molecule has 2 aromatic rings. The summed E-state index contributed by atoms with van der Waals surface area (Å²) < 4.78 is 19.0. The third kappa shape index (κ3) is 2.55. The van der Waals surface area contributed by atoms with E-state index < -0.39 is 0 Å². The quantitative estimate of drug-likeness (QED) is 0.846. The van der Waals surface area contributed by atoms with Crippen LogP contribution in [0.1, 0.15) is 5.69 Å². The molecule has 0 fully saturated rings. The Bertz CT molecular complexity index is 519. The summed E-state index contributed by atoms with van der Waals surface area (Å²) >= 11 is 3.07. The highest BCUT2D eigenvalue weighted by Gasteiger charge is 2.03. The number of nitrogens with zero attached hydrogens (tertiary/aromatic N) is 2. The van der Waals surface area contributed by atoms with Crippen LogP contribution in [-0.2, 0) is 0 Å². The van der Waals surface area contributed by atoms with Gasteiger partial charge in [-0.3, -0.25) is 0 Å². The van der Waals surface area contributed by atoms with E-state index in [4.69, 9.17) is 4.74 Å². The Kier molecular flexibility index (Phi) is 3.14. The molecule has 0 aliphatic carbocycles. The SMILES string of the molecule is Cc1cc(Oc2ccc(Br)c(F)c2)ncn1. The molecule has 1 heterocycles. The van der Waals surface area contributed by atoms with E-state index in [1.54, 1.807) is 18.2 Å². The topological polar surface area (TPSA) is 35.0 Å². The molecule has 3 nitrogen and oxygen atoms in total. The van der Waals surface area contributed by atoms with Crippen molar-refractivity contribution in [3.8, 4) is 11.6 Å². The molecule has 2 rings (SSSR count). The molecule has 0 radical (unpaired) electrons. The molecule has 1 aromatic heterocycles. The van der Waals surface area contributed by atoms with Crippen LogP contribution in [0.5, 0.6) is 11.6 Å². The fourth-order valence-electron chi connectivity index (χ4n) is 1.15.